The molecule has 0 spiro atoms. The average Bonchev–Trinajstić information content (AvgIpc) is 2.41. The van der Waals surface area contributed by atoms with E-state index in [4.69, 9.17) is 0 Å². The van der Waals surface area contributed by atoms with Crippen LogP contribution in [0.4, 0.5) is 17.2 Å². The van der Waals surface area contributed by atoms with E-state index in [9.17, 15) is 10.0 Å². The third kappa shape index (κ3) is 2.89. The lowest BCUT2D eigenvalue weighted by Gasteiger charge is -2.21. The number of amides is 1. The molecule has 0 unspecified atom stereocenters. The molecule has 0 fully saturated rings. The Labute approximate surface area is 111 Å². The molecule has 2 aromatic rings. The Bertz CT molecular complexity index is 581. The van der Waals surface area contributed by atoms with Crippen molar-refractivity contribution in [2.75, 3.05) is 10.4 Å². The minimum absolute atomic E-state index is 0.167. The molecule has 0 saturated carbocycles. The average molecular weight is 256 g/mol. The van der Waals surface area contributed by atoms with Gasteiger partial charge in [0.1, 0.15) is 5.82 Å². The molecule has 0 aliphatic rings. The third-order valence-electron chi connectivity index (χ3n) is 2.70. The summed E-state index contributed by atoms with van der Waals surface area (Å²) in [6.45, 7) is 3.43. The summed E-state index contributed by atoms with van der Waals surface area (Å²) in [6.07, 6.45) is 1.49. The van der Waals surface area contributed by atoms with Crippen molar-refractivity contribution in [3.63, 3.8) is 0 Å². The number of carbonyl (C=O) groups excluding carboxylic acids is 1. The van der Waals surface area contributed by atoms with E-state index in [0.717, 1.165) is 5.56 Å². The molecule has 0 aliphatic carbocycles. The molecular weight excluding hydrogens is 242 g/mol. The van der Waals surface area contributed by atoms with Crippen molar-refractivity contribution < 1.29 is 4.79 Å². The van der Waals surface area contributed by atoms with Crippen LogP contribution in [0.3, 0.4) is 0 Å². The molecule has 1 heterocycles. The predicted molar refractivity (Wildman–Crippen MR) is 75.2 cm³/mol. The van der Waals surface area contributed by atoms with Crippen LogP contribution in [0.2, 0.25) is 0 Å². The molecule has 0 atom stereocenters. The largest absolute Gasteiger partial charge is 0.761 e. The molecule has 98 valence electrons. The molecule has 1 N–H and O–H groups in total. The molecular formula is C14H14N3O2-. The minimum atomic E-state index is -0.167. The van der Waals surface area contributed by atoms with Gasteiger partial charge in [0.2, 0.25) is 5.91 Å². The lowest BCUT2D eigenvalue weighted by molar-refractivity contribution is -0.115. The van der Waals surface area contributed by atoms with E-state index >= 15 is 0 Å². The first-order chi connectivity index (χ1) is 9.11. The van der Waals surface area contributed by atoms with Crippen LogP contribution in [0.25, 0.3) is 0 Å². The molecule has 19 heavy (non-hydrogen) atoms. The lowest BCUT2D eigenvalue weighted by Crippen LogP contribution is -2.23. The van der Waals surface area contributed by atoms with Gasteiger partial charge in [0.25, 0.3) is 0 Å². The number of aromatic nitrogens is 1. The van der Waals surface area contributed by atoms with Crippen molar-refractivity contribution >= 4 is 23.1 Å². The molecule has 0 aliphatic heterocycles. The van der Waals surface area contributed by atoms with Crippen molar-refractivity contribution in [1.29, 1.82) is 0 Å². The van der Waals surface area contributed by atoms with Crippen molar-refractivity contribution in [2.45, 2.75) is 13.8 Å². The monoisotopic (exact) mass is 256 g/mol. The summed E-state index contributed by atoms with van der Waals surface area (Å²) >= 11 is 0. The van der Waals surface area contributed by atoms with Crippen LogP contribution < -0.4 is 10.4 Å². The summed E-state index contributed by atoms with van der Waals surface area (Å²) in [5.74, 6) is 0.247. The van der Waals surface area contributed by atoms with Gasteiger partial charge in [0.05, 0.1) is 5.69 Å². The first-order valence-corrected chi connectivity index (χ1v) is 5.83. The molecule has 1 aromatic heterocycles. The highest BCUT2D eigenvalue weighted by Crippen LogP contribution is 2.25. The number of nitrogens with zero attached hydrogens (tertiary/aromatic N) is 2. The Kier molecular flexibility index (Phi) is 3.77. The number of hydrogen-bond donors (Lipinski definition) is 1. The highest BCUT2D eigenvalue weighted by Gasteiger charge is 2.15. The minimum Gasteiger partial charge on any atom is -0.761 e. The number of carbonyl (C=O) groups is 1. The van der Waals surface area contributed by atoms with Crippen LogP contribution in [0.5, 0.6) is 0 Å². The van der Waals surface area contributed by atoms with E-state index in [-0.39, 0.29) is 5.91 Å². The second kappa shape index (κ2) is 5.49. The normalized spacial score (nSPS) is 10.1. The number of pyridine rings is 1. The number of hydrogen-bond acceptors (Lipinski definition) is 4. The molecule has 0 bridgehead atoms. The maximum atomic E-state index is 11.8. The summed E-state index contributed by atoms with van der Waals surface area (Å²) in [5, 5.41) is 10.7. The lowest BCUT2D eigenvalue weighted by atomic mass is 10.2. The van der Waals surface area contributed by atoms with Gasteiger partial charge in [0.15, 0.2) is 0 Å². The van der Waals surface area contributed by atoms with Crippen LogP contribution in [0.15, 0.2) is 42.6 Å². The van der Waals surface area contributed by atoms with Gasteiger partial charge in [-0.1, -0.05) is 17.7 Å². The third-order valence-corrected chi connectivity index (χ3v) is 2.70. The summed E-state index contributed by atoms with van der Waals surface area (Å²) < 4.78 is 0. The first kappa shape index (κ1) is 13.0. The highest BCUT2D eigenvalue weighted by molar-refractivity contribution is 5.98. The molecule has 0 radical (unpaired) electrons. The van der Waals surface area contributed by atoms with Gasteiger partial charge in [-0.25, -0.2) is 4.98 Å². The van der Waals surface area contributed by atoms with E-state index in [0.29, 0.717) is 17.2 Å². The summed E-state index contributed by atoms with van der Waals surface area (Å²) in [6, 6.07) is 10.6. The van der Waals surface area contributed by atoms with Gasteiger partial charge in [-0.2, -0.15) is 0 Å². The number of benzene rings is 1. The van der Waals surface area contributed by atoms with Crippen LogP contribution in [-0.2, 0) is 4.79 Å². The van der Waals surface area contributed by atoms with Crippen molar-refractivity contribution in [3.8, 4) is 0 Å². The predicted octanol–water partition coefficient (Wildman–Crippen LogP) is 2.98. The molecule has 5 nitrogen and oxygen atoms in total. The standard InChI is InChI=1S/C14H14N3O2/c1-10-3-5-13(6-4-10)17(11(2)18)14-9-12(16-19)7-8-15-14/h3-9H,1-2H3,(H-,15,16,19)/q-1. The zero-order valence-electron chi connectivity index (χ0n) is 10.8. The van der Waals surface area contributed by atoms with Crippen LogP contribution >= 0.6 is 0 Å². The summed E-state index contributed by atoms with van der Waals surface area (Å²) in [5.41, 5.74) is 3.98. The molecule has 0 saturated heterocycles. The molecule has 2 rings (SSSR count). The summed E-state index contributed by atoms with van der Waals surface area (Å²) in [7, 11) is 0. The zero-order valence-corrected chi connectivity index (χ0v) is 10.8. The van der Waals surface area contributed by atoms with Crippen molar-refractivity contribution in [3.05, 3.63) is 53.4 Å². The van der Waals surface area contributed by atoms with E-state index < -0.39 is 0 Å². The van der Waals surface area contributed by atoms with E-state index in [2.05, 4.69) is 4.98 Å². The van der Waals surface area contributed by atoms with Gasteiger partial charge in [-0.05, 0) is 25.1 Å². The first-order valence-electron chi connectivity index (χ1n) is 5.83. The summed E-state index contributed by atoms with van der Waals surface area (Å²) in [4.78, 5) is 17.4. The van der Waals surface area contributed by atoms with Gasteiger partial charge in [-0.15, -0.1) is 0 Å². The van der Waals surface area contributed by atoms with Crippen molar-refractivity contribution in [2.24, 2.45) is 0 Å². The van der Waals surface area contributed by atoms with Gasteiger partial charge >= 0.3 is 0 Å². The Morgan fingerprint density at radius 3 is 2.53 bits per heavy atom. The van der Waals surface area contributed by atoms with Gasteiger partial charge in [0, 0.05) is 24.9 Å². The molecule has 1 amide bonds. The number of aryl methyl sites for hydroxylation is 1. The number of anilines is 3. The number of nitrogens with one attached hydrogen (secondary N) is 1. The van der Waals surface area contributed by atoms with Crippen LogP contribution in [-0.4, -0.2) is 10.9 Å². The van der Waals surface area contributed by atoms with E-state index in [1.165, 1.54) is 24.1 Å². The van der Waals surface area contributed by atoms with Crippen LogP contribution in [0, 0.1) is 12.1 Å². The quantitative estimate of drug-likeness (QED) is 0.857. The smallest absolute Gasteiger partial charge is 0.229 e. The fraction of sp³-hybridized carbons (Fsp3) is 0.143. The second-order valence-electron chi connectivity index (χ2n) is 4.19. The molecule has 1 aromatic carbocycles. The fourth-order valence-electron chi connectivity index (χ4n) is 1.77. The Morgan fingerprint density at radius 1 is 1.26 bits per heavy atom. The van der Waals surface area contributed by atoms with E-state index in [1.807, 2.05) is 31.2 Å². The maximum Gasteiger partial charge on any atom is 0.229 e. The SMILES string of the molecule is CC(=O)N(c1ccc(C)cc1)c1cc(N[O-])ccn1. The van der Waals surface area contributed by atoms with Crippen LogP contribution in [0.1, 0.15) is 12.5 Å². The topological polar surface area (TPSA) is 68.3 Å². The molecule has 5 heteroatoms. The zero-order chi connectivity index (χ0) is 13.8. The Balaban J connectivity index is 2.45. The second-order valence-corrected chi connectivity index (χ2v) is 4.19. The highest BCUT2D eigenvalue weighted by atomic mass is 16.5. The Morgan fingerprint density at radius 2 is 1.95 bits per heavy atom. The maximum absolute atomic E-state index is 11.8. The van der Waals surface area contributed by atoms with E-state index in [1.54, 1.807) is 11.5 Å². The fourth-order valence-corrected chi connectivity index (χ4v) is 1.77. The van der Waals surface area contributed by atoms with Gasteiger partial charge in [-0.3, -0.25) is 9.69 Å². The number of rotatable bonds is 3. The van der Waals surface area contributed by atoms with Gasteiger partial charge < -0.3 is 10.7 Å². The Hall–Kier alpha value is -2.40. The van der Waals surface area contributed by atoms with Crippen molar-refractivity contribution in [1.82, 2.24) is 4.98 Å².